The minimum Gasteiger partial charge on any atom is -0.493 e. The van der Waals surface area contributed by atoms with Crippen LogP contribution in [0.5, 0.6) is 11.5 Å². The molecule has 1 N–H and O–H groups in total. The molecule has 0 aliphatic heterocycles. The molecule has 0 fully saturated rings. The predicted molar refractivity (Wildman–Crippen MR) is 116 cm³/mol. The summed E-state index contributed by atoms with van der Waals surface area (Å²) in [6, 6.07) is 25.0. The molecule has 0 aliphatic rings. The number of nitrogens with one attached hydrogen (secondary N) is 1. The van der Waals surface area contributed by atoms with Gasteiger partial charge >= 0.3 is 0 Å². The van der Waals surface area contributed by atoms with Crippen molar-refractivity contribution in [3.8, 4) is 11.5 Å². The van der Waals surface area contributed by atoms with E-state index in [0.717, 1.165) is 16.7 Å². The van der Waals surface area contributed by atoms with Crippen LogP contribution in [0.2, 0.25) is 0 Å². The van der Waals surface area contributed by atoms with E-state index in [9.17, 15) is 4.79 Å². The second-order valence-corrected chi connectivity index (χ2v) is 6.45. The predicted octanol–water partition coefficient (Wildman–Crippen LogP) is 3.94. The van der Waals surface area contributed by atoms with Crippen LogP contribution >= 0.6 is 0 Å². The third kappa shape index (κ3) is 6.67. The van der Waals surface area contributed by atoms with Gasteiger partial charge in [-0.2, -0.15) is 0 Å². The quantitative estimate of drug-likeness (QED) is 0.410. The normalized spacial score (nSPS) is 10.6. The highest BCUT2D eigenvalue weighted by molar-refractivity contribution is 5.81. The molecule has 0 atom stereocenters. The zero-order chi connectivity index (χ0) is 21.0. The van der Waals surface area contributed by atoms with Gasteiger partial charge in [0.05, 0.1) is 13.3 Å². The summed E-state index contributed by atoms with van der Waals surface area (Å²) >= 11 is 0. The summed E-state index contributed by atoms with van der Waals surface area (Å²) in [5.41, 5.74) is 2.86. The fourth-order valence-corrected chi connectivity index (χ4v) is 2.66. The number of carbonyl (C=O) groups excluding carboxylic acids is 1. The first-order chi connectivity index (χ1) is 14.7. The standard InChI is InChI=1S/C24H24N2O4/c1-28-23-14-21(12-13-22(23)29-17-20-10-6-3-7-11-20)16-26-30-18-24(27)25-15-19-8-4-2-5-9-19/h2-14,16H,15,17-18H2,1H3,(H,25,27)/b26-16-. The van der Waals surface area contributed by atoms with E-state index in [1.807, 2.05) is 72.8 Å². The Morgan fingerprint density at radius 1 is 0.933 bits per heavy atom. The average molecular weight is 404 g/mol. The third-order valence-corrected chi connectivity index (χ3v) is 4.23. The van der Waals surface area contributed by atoms with Crippen LogP contribution in [0.1, 0.15) is 16.7 Å². The van der Waals surface area contributed by atoms with Crippen molar-refractivity contribution >= 4 is 12.1 Å². The van der Waals surface area contributed by atoms with E-state index in [-0.39, 0.29) is 12.5 Å². The molecule has 0 aliphatic carbocycles. The molecular formula is C24H24N2O4. The number of hydrogen-bond acceptors (Lipinski definition) is 5. The summed E-state index contributed by atoms with van der Waals surface area (Å²) in [5.74, 6) is 0.994. The molecule has 1 amide bonds. The Labute approximate surface area is 176 Å². The number of rotatable bonds is 10. The monoisotopic (exact) mass is 404 g/mol. The lowest BCUT2D eigenvalue weighted by molar-refractivity contribution is -0.125. The number of ether oxygens (including phenoxy) is 2. The van der Waals surface area contributed by atoms with E-state index < -0.39 is 0 Å². The first-order valence-electron chi connectivity index (χ1n) is 9.55. The number of hydrogen-bond donors (Lipinski definition) is 1. The highest BCUT2D eigenvalue weighted by Gasteiger charge is 2.06. The molecular weight excluding hydrogens is 380 g/mol. The highest BCUT2D eigenvalue weighted by Crippen LogP contribution is 2.28. The molecule has 0 unspecified atom stereocenters. The summed E-state index contributed by atoms with van der Waals surface area (Å²) in [6.45, 7) is 0.749. The van der Waals surface area contributed by atoms with E-state index >= 15 is 0 Å². The number of carbonyl (C=O) groups is 1. The van der Waals surface area contributed by atoms with Gasteiger partial charge in [0, 0.05) is 12.1 Å². The van der Waals surface area contributed by atoms with E-state index in [1.54, 1.807) is 13.2 Å². The smallest absolute Gasteiger partial charge is 0.261 e. The fraction of sp³-hybridized carbons (Fsp3) is 0.167. The molecule has 0 aromatic heterocycles. The topological polar surface area (TPSA) is 69.2 Å². The number of benzene rings is 3. The van der Waals surface area contributed by atoms with Gasteiger partial charge in [0.25, 0.3) is 5.91 Å². The molecule has 6 nitrogen and oxygen atoms in total. The van der Waals surface area contributed by atoms with Gasteiger partial charge in [-0.3, -0.25) is 4.79 Å². The van der Waals surface area contributed by atoms with Crippen molar-refractivity contribution in [2.75, 3.05) is 13.7 Å². The third-order valence-electron chi connectivity index (χ3n) is 4.23. The fourth-order valence-electron chi connectivity index (χ4n) is 2.66. The van der Waals surface area contributed by atoms with Crippen molar-refractivity contribution in [1.29, 1.82) is 0 Å². The minimum absolute atomic E-state index is 0.154. The van der Waals surface area contributed by atoms with Gasteiger partial charge in [-0.15, -0.1) is 0 Å². The highest BCUT2D eigenvalue weighted by atomic mass is 16.6. The number of methoxy groups -OCH3 is 1. The van der Waals surface area contributed by atoms with E-state index in [1.165, 1.54) is 6.21 Å². The van der Waals surface area contributed by atoms with Crippen LogP contribution in [0.25, 0.3) is 0 Å². The van der Waals surface area contributed by atoms with Crippen LogP contribution in [0.15, 0.2) is 84.0 Å². The maximum absolute atomic E-state index is 11.8. The Morgan fingerprint density at radius 2 is 1.63 bits per heavy atom. The van der Waals surface area contributed by atoms with E-state index in [4.69, 9.17) is 14.3 Å². The average Bonchev–Trinajstić information content (AvgIpc) is 2.80. The van der Waals surface area contributed by atoms with Gasteiger partial charge in [-0.1, -0.05) is 65.8 Å². The van der Waals surface area contributed by atoms with Gasteiger partial charge in [0.2, 0.25) is 0 Å². The maximum atomic E-state index is 11.8. The molecule has 3 aromatic carbocycles. The van der Waals surface area contributed by atoms with Crippen molar-refractivity contribution in [3.05, 3.63) is 95.6 Å². The molecule has 6 heteroatoms. The zero-order valence-corrected chi connectivity index (χ0v) is 16.8. The summed E-state index contributed by atoms with van der Waals surface area (Å²) in [5, 5.41) is 6.63. The van der Waals surface area contributed by atoms with Crippen molar-refractivity contribution in [3.63, 3.8) is 0 Å². The molecule has 0 heterocycles. The number of amides is 1. The lowest BCUT2D eigenvalue weighted by Crippen LogP contribution is -2.26. The molecule has 3 rings (SSSR count). The Balaban J connectivity index is 1.46. The van der Waals surface area contributed by atoms with Crippen LogP contribution in [0, 0.1) is 0 Å². The molecule has 3 aromatic rings. The summed E-state index contributed by atoms with van der Waals surface area (Å²) in [6.07, 6.45) is 1.52. The van der Waals surface area contributed by atoms with E-state index in [0.29, 0.717) is 24.7 Å². The zero-order valence-electron chi connectivity index (χ0n) is 16.8. The minimum atomic E-state index is -0.238. The Morgan fingerprint density at radius 3 is 2.33 bits per heavy atom. The summed E-state index contributed by atoms with van der Waals surface area (Å²) in [4.78, 5) is 16.9. The van der Waals surface area contributed by atoms with Crippen LogP contribution in [-0.4, -0.2) is 25.8 Å². The lowest BCUT2D eigenvalue weighted by atomic mass is 10.2. The molecule has 0 radical (unpaired) electrons. The molecule has 154 valence electrons. The SMILES string of the molecule is COc1cc(/C=N\OCC(=O)NCc2ccccc2)ccc1OCc1ccccc1. The van der Waals surface area contributed by atoms with Gasteiger partial charge in [0.1, 0.15) is 6.61 Å². The summed E-state index contributed by atoms with van der Waals surface area (Å²) in [7, 11) is 1.58. The molecule has 30 heavy (non-hydrogen) atoms. The molecule has 0 saturated carbocycles. The second-order valence-electron chi connectivity index (χ2n) is 6.45. The van der Waals surface area contributed by atoms with Gasteiger partial charge in [-0.25, -0.2) is 0 Å². The van der Waals surface area contributed by atoms with Gasteiger partial charge in [0.15, 0.2) is 18.1 Å². The Kier molecular flexibility index (Phi) is 7.85. The first-order valence-corrected chi connectivity index (χ1v) is 9.55. The van der Waals surface area contributed by atoms with Gasteiger partial charge in [-0.05, 0) is 29.3 Å². The van der Waals surface area contributed by atoms with Crippen molar-refractivity contribution < 1.29 is 19.1 Å². The van der Waals surface area contributed by atoms with Crippen LogP contribution < -0.4 is 14.8 Å². The van der Waals surface area contributed by atoms with Gasteiger partial charge < -0.3 is 19.6 Å². The van der Waals surface area contributed by atoms with Crippen LogP contribution in [0.4, 0.5) is 0 Å². The van der Waals surface area contributed by atoms with E-state index in [2.05, 4.69) is 10.5 Å². The molecule has 0 bridgehead atoms. The Bertz CT molecular complexity index is 959. The summed E-state index contributed by atoms with van der Waals surface area (Å²) < 4.78 is 11.2. The Hall–Kier alpha value is -3.80. The van der Waals surface area contributed by atoms with Crippen molar-refractivity contribution in [2.24, 2.45) is 5.16 Å². The lowest BCUT2D eigenvalue weighted by Gasteiger charge is -2.11. The van der Waals surface area contributed by atoms with Crippen LogP contribution in [0.3, 0.4) is 0 Å². The molecule has 0 spiro atoms. The number of nitrogens with zero attached hydrogens (tertiary/aromatic N) is 1. The maximum Gasteiger partial charge on any atom is 0.261 e. The molecule has 0 saturated heterocycles. The second kappa shape index (κ2) is 11.3. The number of oxime groups is 1. The largest absolute Gasteiger partial charge is 0.493 e. The van der Waals surface area contributed by atoms with Crippen molar-refractivity contribution in [2.45, 2.75) is 13.2 Å². The van der Waals surface area contributed by atoms with Crippen molar-refractivity contribution in [1.82, 2.24) is 5.32 Å². The van der Waals surface area contributed by atoms with Crippen LogP contribution in [-0.2, 0) is 22.8 Å². The first kappa shape index (κ1) is 20.9.